The fourth-order valence-electron chi connectivity index (χ4n) is 0.533. The van der Waals surface area contributed by atoms with Gasteiger partial charge in [0.15, 0.2) is 0 Å². The van der Waals surface area contributed by atoms with Gasteiger partial charge in [-0.1, -0.05) is 0 Å². The number of halogens is 3. The van der Waals surface area contributed by atoms with Crippen LogP contribution in [0, 0.1) is 0 Å². The Morgan fingerprint density at radius 2 is 2.18 bits per heavy atom. The van der Waals surface area contributed by atoms with E-state index in [9.17, 15) is 13.2 Å². The molecule has 0 aliphatic rings. The molecule has 3 nitrogen and oxygen atoms in total. The predicted molar refractivity (Wildman–Crippen MR) is 29.4 cm³/mol. The molecule has 2 N–H and O–H groups in total. The SMILES string of the molecule is NCc1cnc(C(F)(F)F)o1. The number of hydrogen-bond acceptors (Lipinski definition) is 3. The van der Waals surface area contributed by atoms with E-state index in [1.165, 1.54) is 0 Å². The Balaban J connectivity index is 2.89. The summed E-state index contributed by atoms with van der Waals surface area (Å²) in [6.07, 6.45) is -3.56. The van der Waals surface area contributed by atoms with Crippen molar-refractivity contribution in [3.8, 4) is 0 Å². The third-order valence-electron chi connectivity index (χ3n) is 0.997. The van der Waals surface area contributed by atoms with Gasteiger partial charge in [-0.2, -0.15) is 13.2 Å². The summed E-state index contributed by atoms with van der Waals surface area (Å²) in [5, 5.41) is 0. The zero-order chi connectivity index (χ0) is 8.48. The van der Waals surface area contributed by atoms with Crippen LogP contribution in [0.5, 0.6) is 0 Å². The monoisotopic (exact) mass is 166 g/mol. The largest absolute Gasteiger partial charge is 0.468 e. The van der Waals surface area contributed by atoms with E-state index in [1.54, 1.807) is 0 Å². The van der Waals surface area contributed by atoms with Gasteiger partial charge in [-0.3, -0.25) is 0 Å². The molecule has 1 heterocycles. The Morgan fingerprint density at radius 1 is 1.55 bits per heavy atom. The summed E-state index contributed by atoms with van der Waals surface area (Å²) >= 11 is 0. The minimum absolute atomic E-state index is 0.0253. The van der Waals surface area contributed by atoms with E-state index >= 15 is 0 Å². The highest BCUT2D eigenvalue weighted by Gasteiger charge is 2.36. The Kier molecular flexibility index (Phi) is 1.86. The van der Waals surface area contributed by atoms with Crippen LogP contribution >= 0.6 is 0 Å². The molecule has 0 atom stereocenters. The van der Waals surface area contributed by atoms with Crippen molar-refractivity contribution in [3.05, 3.63) is 17.8 Å². The first-order valence-electron chi connectivity index (χ1n) is 2.76. The fourth-order valence-corrected chi connectivity index (χ4v) is 0.533. The molecule has 0 unspecified atom stereocenters. The van der Waals surface area contributed by atoms with Crippen LogP contribution in [-0.4, -0.2) is 4.98 Å². The highest BCUT2D eigenvalue weighted by molar-refractivity contribution is 4.95. The number of nitrogens with two attached hydrogens (primary N) is 1. The molecule has 0 amide bonds. The van der Waals surface area contributed by atoms with Crippen molar-refractivity contribution < 1.29 is 17.6 Å². The molecule has 0 radical (unpaired) electrons. The lowest BCUT2D eigenvalue weighted by molar-refractivity contribution is -0.157. The van der Waals surface area contributed by atoms with Crippen LogP contribution in [0.3, 0.4) is 0 Å². The quantitative estimate of drug-likeness (QED) is 0.680. The molecule has 62 valence electrons. The molecular weight excluding hydrogens is 161 g/mol. The molecule has 0 saturated carbocycles. The van der Waals surface area contributed by atoms with Gasteiger partial charge in [-0.25, -0.2) is 4.98 Å². The summed E-state index contributed by atoms with van der Waals surface area (Å²) in [7, 11) is 0. The van der Waals surface area contributed by atoms with E-state index < -0.39 is 12.1 Å². The summed E-state index contributed by atoms with van der Waals surface area (Å²) in [5.41, 5.74) is 5.01. The van der Waals surface area contributed by atoms with Crippen LogP contribution in [0.25, 0.3) is 0 Å². The zero-order valence-corrected chi connectivity index (χ0v) is 5.35. The normalized spacial score (nSPS) is 12.0. The third kappa shape index (κ3) is 1.70. The summed E-state index contributed by atoms with van der Waals surface area (Å²) in [4.78, 5) is 2.99. The number of alkyl halides is 3. The van der Waals surface area contributed by atoms with E-state index in [0.717, 1.165) is 6.20 Å². The lowest BCUT2D eigenvalue weighted by Gasteiger charge is -1.97. The van der Waals surface area contributed by atoms with Gasteiger partial charge in [-0.15, -0.1) is 0 Å². The van der Waals surface area contributed by atoms with Gasteiger partial charge in [-0.05, 0) is 0 Å². The van der Waals surface area contributed by atoms with E-state index in [4.69, 9.17) is 5.73 Å². The Morgan fingerprint density at radius 3 is 2.45 bits per heavy atom. The van der Waals surface area contributed by atoms with Crippen LogP contribution in [0.1, 0.15) is 11.7 Å². The van der Waals surface area contributed by atoms with Crippen molar-refractivity contribution in [3.63, 3.8) is 0 Å². The summed E-state index contributed by atoms with van der Waals surface area (Å²) in [6.45, 7) is -0.0803. The maximum Gasteiger partial charge on any atom is 0.468 e. The second-order valence-corrected chi connectivity index (χ2v) is 1.83. The first kappa shape index (κ1) is 8.06. The molecule has 6 heteroatoms. The molecule has 1 aromatic heterocycles. The van der Waals surface area contributed by atoms with Crippen molar-refractivity contribution in [2.75, 3.05) is 0 Å². The van der Waals surface area contributed by atoms with Gasteiger partial charge < -0.3 is 10.2 Å². The molecular formula is C5H5F3N2O. The smallest absolute Gasteiger partial charge is 0.437 e. The van der Waals surface area contributed by atoms with Crippen LogP contribution < -0.4 is 5.73 Å². The second-order valence-electron chi connectivity index (χ2n) is 1.83. The summed E-state index contributed by atoms with van der Waals surface area (Å²) in [5.74, 6) is -1.23. The Bertz CT molecular complexity index is 242. The maximum atomic E-state index is 11.7. The molecule has 0 bridgehead atoms. The summed E-state index contributed by atoms with van der Waals surface area (Å²) in [6, 6.07) is 0. The van der Waals surface area contributed by atoms with Gasteiger partial charge in [0.2, 0.25) is 0 Å². The molecule has 1 aromatic rings. The Hall–Kier alpha value is -1.04. The van der Waals surface area contributed by atoms with E-state index in [0.29, 0.717) is 0 Å². The van der Waals surface area contributed by atoms with Gasteiger partial charge in [0, 0.05) is 0 Å². The van der Waals surface area contributed by atoms with Crippen molar-refractivity contribution in [1.82, 2.24) is 4.98 Å². The lowest BCUT2D eigenvalue weighted by atomic mass is 10.5. The van der Waals surface area contributed by atoms with Crippen molar-refractivity contribution in [2.24, 2.45) is 5.73 Å². The van der Waals surface area contributed by atoms with E-state index in [2.05, 4.69) is 9.40 Å². The zero-order valence-electron chi connectivity index (χ0n) is 5.35. The first-order valence-corrected chi connectivity index (χ1v) is 2.76. The number of aromatic nitrogens is 1. The minimum atomic E-state index is -4.52. The molecule has 0 spiro atoms. The predicted octanol–water partition coefficient (Wildman–Crippen LogP) is 1.15. The van der Waals surface area contributed by atoms with Crippen LogP contribution in [-0.2, 0) is 12.7 Å². The molecule has 1 rings (SSSR count). The van der Waals surface area contributed by atoms with Crippen molar-refractivity contribution in [1.29, 1.82) is 0 Å². The van der Waals surface area contributed by atoms with Crippen molar-refractivity contribution >= 4 is 0 Å². The molecule has 0 aliphatic heterocycles. The topological polar surface area (TPSA) is 52.0 Å². The molecule has 0 saturated heterocycles. The van der Waals surface area contributed by atoms with Crippen LogP contribution in [0.15, 0.2) is 10.6 Å². The minimum Gasteiger partial charge on any atom is -0.437 e. The molecule has 0 aliphatic carbocycles. The number of oxazole rings is 1. The summed E-state index contributed by atoms with van der Waals surface area (Å²) < 4.78 is 39.5. The van der Waals surface area contributed by atoms with Gasteiger partial charge in [0.05, 0.1) is 12.7 Å². The second kappa shape index (κ2) is 2.54. The Labute approximate surface area is 60.0 Å². The molecule has 0 fully saturated rings. The molecule has 11 heavy (non-hydrogen) atoms. The number of hydrogen-bond donors (Lipinski definition) is 1. The average Bonchev–Trinajstić information content (AvgIpc) is 2.32. The molecule has 0 aromatic carbocycles. The van der Waals surface area contributed by atoms with E-state index in [1.807, 2.05) is 0 Å². The average molecular weight is 166 g/mol. The van der Waals surface area contributed by atoms with Gasteiger partial charge in [0.1, 0.15) is 5.76 Å². The first-order chi connectivity index (χ1) is 5.04. The number of nitrogens with zero attached hydrogens (tertiary/aromatic N) is 1. The standard InChI is InChI=1S/C5H5F3N2O/c6-5(7,8)4-10-2-3(1-9)11-4/h2H,1,9H2. The lowest BCUT2D eigenvalue weighted by Crippen LogP contribution is -2.04. The highest BCUT2D eigenvalue weighted by Crippen LogP contribution is 2.28. The van der Waals surface area contributed by atoms with Crippen LogP contribution in [0.4, 0.5) is 13.2 Å². The van der Waals surface area contributed by atoms with Gasteiger partial charge in [0.25, 0.3) is 0 Å². The highest BCUT2D eigenvalue weighted by atomic mass is 19.4. The third-order valence-corrected chi connectivity index (χ3v) is 0.997. The number of rotatable bonds is 1. The maximum absolute atomic E-state index is 11.7. The van der Waals surface area contributed by atoms with E-state index in [-0.39, 0.29) is 12.3 Å². The van der Waals surface area contributed by atoms with Crippen molar-refractivity contribution in [2.45, 2.75) is 12.7 Å². The fraction of sp³-hybridized carbons (Fsp3) is 0.400. The van der Waals surface area contributed by atoms with Crippen LogP contribution in [0.2, 0.25) is 0 Å². The van der Waals surface area contributed by atoms with Gasteiger partial charge >= 0.3 is 12.1 Å².